The number of alkyl halides is 3. The second kappa shape index (κ2) is 8.91. The summed E-state index contributed by atoms with van der Waals surface area (Å²) < 4.78 is 91.6. The average Bonchev–Trinajstić information content (AvgIpc) is 3.43. The Morgan fingerprint density at radius 1 is 1.05 bits per heavy atom. The molecule has 6 nitrogen and oxygen atoms in total. The molecule has 38 heavy (non-hydrogen) atoms. The third-order valence-electron chi connectivity index (χ3n) is 6.33. The van der Waals surface area contributed by atoms with Gasteiger partial charge in [-0.15, -0.1) is 0 Å². The number of nitrogens with zero attached hydrogens (tertiary/aromatic N) is 3. The number of rotatable bonds is 5. The molecule has 2 N–H and O–H groups in total. The fourth-order valence-electron chi connectivity index (χ4n) is 4.54. The van der Waals surface area contributed by atoms with E-state index in [2.05, 4.69) is 4.98 Å². The number of imidazole rings is 1. The Hall–Kier alpha value is -4.32. The van der Waals surface area contributed by atoms with E-state index >= 15 is 0 Å². The smallest absolute Gasteiger partial charge is 0.396 e. The van der Waals surface area contributed by atoms with Gasteiger partial charge in [-0.1, -0.05) is 6.07 Å². The number of halogens is 6. The molecule has 12 heteroatoms. The maximum Gasteiger partial charge on any atom is 0.417 e. The molecule has 0 unspecified atom stereocenters. The lowest BCUT2D eigenvalue weighted by molar-refractivity contribution is -0.137. The molecule has 0 bridgehead atoms. The van der Waals surface area contributed by atoms with Crippen LogP contribution in [0.4, 0.5) is 32.0 Å². The summed E-state index contributed by atoms with van der Waals surface area (Å²) >= 11 is 0. The molecule has 3 aromatic heterocycles. The Morgan fingerprint density at radius 3 is 2.37 bits per heavy atom. The number of ketones is 1. The number of fused-ring (bicyclic) bond motifs is 2. The number of carbonyl (C=O) groups excluding carboxylic acids is 1. The first-order valence-electron chi connectivity index (χ1n) is 11.1. The molecule has 0 saturated carbocycles. The molecule has 0 saturated heterocycles. The summed E-state index contributed by atoms with van der Waals surface area (Å²) in [5.41, 5.74) is 4.67. The van der Waals surface area contributed by atoms with Gasteiger partial charge in [0.05, 0.1) is 28.0 Å². The number of nitrogens with two attached hydrogens (primary N) is 1. The number of benzene rings is 2. The summed E-state index contributed by atoms with van der Waals surface area (Å²) in [5.74, 6) is -5.32. The number of anilines is 1. The first kappa shape index (κ1) is 25.3. The molecule has 0 spiro atoms. The highest BCUT2D eigenvalue weighted by Gasteiger charge is 2.37. The molecule has 0 aliphatic rings. The van der Waals surface area contributed by atoms with Gasteiger partial charge in [0.2, 0.25) is 5.78 Å². The van der Waals surface area contributed by atoms with E-state index in [9.17, 15) is 31.1 Å². The first-order chi connectivity index (χ1) is 17.9. The predicted molar refractivity (Wildman–Crippen MR) is 127 cm³/mol. The lowest BCUT2D eigenvalue weighted by Gasteiger charge is -2.17. The van der Waals surface area contributed by atoms with Gasteiger partial charge in [-0.25, -0.2) is 18.2 Å². The van der Waals surface area contributed by atoms with Gasteiger partial charge in [-0.2, -0.15) is 13.2 Å². The summed E-state index contributed by atoms with van der Waals surface area (Å²) in [7, 11) is 2.98. The number of aromatic nitrogens is 3. The number of aryl methyl sites for hydroxylation is 1. The maximum absolute atomic E-state index is 14.3. The SMILES string of the molecule is COCc1nc2c(N)c(-c3cccn4c(C(=O)c5cc(F)c(F)c(F)c5)ccc34)c(C(F)(F)F)cc2n1C. The van der Waals surface area contributed by atoms with Gasteiger partial charge < -0.3 is 19.4 Å². The Balaban J connectivity index is 1.75. The van der Waals surface area contributed by atoms with Crippen molar-refractivity contribution in [3.8, 4) is 11.1 Å². The van der Waals surface area contributed by atoms with Crippen molar-refractivity contribution in [3.05, 3.63) is 88.8 Å². The van der Waals surface area contributed by atoms with Crippen LogP contribution in [0.5, 0.6) is 0 Å². The minimum absolute atomic E-state index is 0.0473. The number of nitrogen functional groups attached to an aromatic ring is 1. The highest BCUT2D eigenvalue weighted by Crippen LogP contribution is 2.45. The van der Waals surface area contributed by atoms with Crippen molar-refractivity contribution in [2.24, 2.45) is 7.05 Å². The largest absolute Gasteiger partial charge is 0.417 e. The zero-order valence-electron chi connectivity index (χ0n) is 19.8. The maximum atomic E-state index is 14.3. The Morgan fingerprint density at radius 2 is 1.74 bits per heavy atom. The molecule has 2 aromatic carbocycles. The summed E-state index contributed by atoms with van der Waals surface area (Å²) in [5, 5.41) is 0. The van der Waals surface area contributed by atoms with Crippen molar-refractivity contribution in [2.45, 2.75) is 12.8 Å². The van der Waals surface area contributed by atoms with Crippen LogP contribution in [0.15, 0.2) is 48.7 Å². The van der Waals surface area contributed by atoms with Crippen molar-refractivity contribution >= 4 is 28.0 Å². The van der Waals surface area contributed by atoms with E-state index in [0.717, 1.165) is 6.07 Å². The summed E-state index contributed by atoms with van der Waals surface area (Å²) in [4.78, 5) is 17.4. The van der Waals surface area contributed by atoms with E-state index < -0.39 is 40.5 Å². The molecule has 5 aromatic rings. The molecule has 0 fully saturated rings. The molecule has 196 valence electrons. The van der Waals surface area contributed by atoms with Crippen molar-refractivity contribution < 1.29 is 35.9 Å². The Bertz CT molecular complexity index is 1730. The normalized spacial score (nSPS) is 12.1. The molecule has 0 radical (unpaired) electrons. The fourth-order valence-corrected chi connectivity index (χ4v) is 4.54. The van der Waals surface area contributed by atoms with Gasteiger partial charge in [0.15, 0.2) is 17.5 Å². The van der Waals surface area contributed by atoms with Crippen LogP contribution in [0.1, 0.15) is 27.4 Å². The lowest BCUT2D eigenvalue weighted by Crippen LogP contribution is -2.11. The van der Waals surface area contributed by atoms with Gasteiger partial charge in [0.1, 0.15) is 17.9 Å². The Labute approximate surface area is 210 Å². The monoisotopic (exact) mass is 532 g/mol. The standard InChI is InChI=1S/C26H18F6N4O2/c1-35-19-10-14(26(30,31)32)21(23(33)24(19)34-20(35)11-38-2)13-4-3-7-36-17(13)5-6-18(36)25(37)12-8-15(27)22(29)16(28)9-12/h3-10H,11,33H2,1-2H3. The highest BCUT2D eigenvalue weighted by atomic mass is 19.4. The van der Waals surface area contributed by atoms with E-state index in [1.54, 1.807) is 7.05 Å². The van der Waals surface area contributed by atoms with Crippen molar-refractivity contribution in [1.29, 1.82) is 0 Å². The molecule has 0 aliphatic heterocycles. The second-order valence-electron chi connectivity index (χ2n) is 8.58. The number of ether oxygens (including phenoxy) is 1. The van der Waals surface area contributed by atoms with Gasteiger partial charge in [-0.05, 0) is 36.4 Å². The van der Waals surface area contributed by atoms with E-state index in [0.29, 0.717) is 18.0 Å². The molecule has 3 heterocycles. The zero-order chi connectivity index (χ0) is 27.5. The fraction of sp³-hybridized carbons (Fsp3) is 0.154. The molecule has 0 amide bonds. The van der Waals surface area contributed by atoms with Crippen LogP contribution < -0.4 is 5.73 Å². The predicted octanol–water partition coefficient (Wildman–Crippen LogP) is 5.89. The number of methoxy groups -OCH3 is 1. The van der Waals surface area contributed by atoms with Gasteiger partial charge in [0.25, 0.3) is 0 Å². The average molecular weight is 532 g/mol. The minimum atomic E-state index is -4.80. The van der Waals surface area contributed by atoms with Gasteiger partial charge in [0, 0.05) is 37.0 Å². The third kappa shape index (κ3) is 3.88. The quantitative estimate of drug-likeness (QED) is 0.133. The molecule has 5 rings (SSSR count). The molecule has 0 atom stereocenters. The molecular formula is C26H18F6N4O2. The second-order valence-corrected chi connectivity index (χ2v) is 8.58. The number of hydrogen-bond acceptors (Lipinski definition) is 4. The van der Waals surface area contributed by atoms with Crippen LogP contribution in [-0.2, 0) is 24.6 Å². The lowest BCUT2D eigenvalue weighted by atomic mass is 9.96. The van der Waals surface area contributed by atoms with E-state index in [1.807, 2.05) is 0 Å². The van der Waals surface area contributed by atoms with Crippen LogP contribution in [0, 0.1) is 17.5 Å². The van der Waals surface area contributed by atoms with Crippen LogP contribution in [0.25, 0.3) is 27.7 Å². The zero-order valence-corrected chi connectivity index (χ0v) is 19.8. The van der Waals surface area contributed by atoms with Crippen molar-refractivity contribution in [2.75, 3.05) is 12.8 Å². The summed E-state index contributed by atoms with van der Waals surface area (Å²) in [6.45, 7) is 0.0473. The highest BCUT2D eigenvalue weighted by molar-refractivity contribution is 6.09. The first-order valence-corrected chi connectivity index (χ1v) is 11.1. The van der Waals surface area contributed by atoms with Crippen LogP contribution in [0.3, 0.4) is 0 Å². The Kier molecular flexibility index (Phi) is 5.94. The van der Waals surface area contributed by atoms with Gasteiger partial charge >= 0.3 is 6.18 Å². The van der Waals surface area contributed by atoms with Crippen LogP contribution in [0.2, 0.25) is 0 Å². The number of hydrogen-bond donors (Lipinski definition) is 1. The molecule has 0 aliphatic carbocycles. The summed E-state index contributed by atoms with van der Waals surface area (Å²) in [6, 6.07) is 7.55. The molecular weight excluding hydrogens is 514 g/mol. The van der Waals surface area contributed by atoms with E-state index in [4.69, 9.17) is 10.5 Å². The van der Waals surface area contributed by atoms with Crippen molar-refractivity contribution in [1.82, 2.24) is 14.0 Å². The number of pyridine rings is 1. The van der Waals surface area contributed by atoms with Crippen LogP contribution >= 0.6 is 0 Å². The topological polar surface area (TPSA) is 74.6 Å². The van der Waals surface area contributed by atoms with Crippen LogP contribution in [-0.4, -0.2) is 26.8 Å². The van der Waals surface area contributed by atoms with Crippen molar-refractivity contribution in [3.63, 3.8) is 0 Å². The summed E-state index contributed by atoms with van der Waals surface area (Å²) in [6.07, 6.45) is -3.40. The van der Waals surface area contributed by atoms with E-state index in [1.165, 1.54) is 46.5 Å². The van der Waals surface area contributed by atoms with Gasteiger partial charge in [-0.3, -0.25) is 4.79 Å². The van der Waals surface area contributed by atoms with E-state index in [-0.39, 0.29) is 45.7 Å². The minimum Gasteiger partial charge on any atom is -0.396 e. The number of carbonyl (C=O) groups is 1. The third-order valence-corrected chi connectivity index (χ3v) is 6.33.